The molecule has 4 nitrogen and oxygen atoms in total. The molecule has 0 saturated carbocycles. The molecule has 1 aliphatic rings. The maximum Gasteiger partial charge on any atom is 0.416 e. The highest BCUT2D eigenvalue weighted by molar-refractivity contribution is 5.68. The van der Waals surface area contributed by atoms with E-state index in [-0.39, 0.29) is 11.5 Å². The molecular formula is C19H27F3N2O2. The van der Waals surface area contributed by atoms with Gasteiger partial charge in [0.05, 0.1) is 5.56 Å². The van der Waals surface area contributed by atoms with E-state index in [9.17, 15) is 18.0 Å². The van der Waals surface area contributed by atoms with Crippen molar-refractivity contribution in [3.05, 3.63) is 35.4 Å². The molecule has 1 heterocycles. The monoisotopic (exact) mass is 372 g/mol. The molecule has 2 unspecified atom stereocenters. The first-order valence-electron chi connectivity index (χ1n) is 8.84. The standard InChI is InChI=1S/C19H27F3N2O2/c1-18(2,3)26-17(25)24-11-7-8-13(12-24)16(23-4)14-9-5-6-10-15(14)19(20,21)22/h5-6,9-10,13,16,23H,7-8,11-12H2,1-4H3. The van der Waals surface area contributed by atoms with Crippen molar-refractivity contribution in [3.8, 4) is 0 Å². The van der Waals surface area contributed by atoms with Gasteiger partial charge in [0.25, 0.3) is 0 Å². The van der Waals surface area contributed by atoms with Crippen molar-refractivity contribution in [2.45, 2.75) is 51.4 Å². The summed E-state index contributed by atoms with van der Waals surface area (Å²) < 4.78 is 45.6. The summed E-state index contributed by atoms with van der Waals surface area (Å²) in [5, 5.41) is 3.03. The molecule has 1 amide bonds. The van der Waals surface area contributed by atoms with E-state index in [1.54, 1.807) is 38.8 Å². The third kappa shape index (κ3) is 5.13. The molecule has 0 spiro atoms. The fraction of sp³-hybridized carbons (Fsp3) is 0.632. The molecule has 1 saturated heterocycles. The van der Waals surface area contributed by atoms with Gasteiger partial charge in [-0.3, -0.25) is 0 Å². The van der Waals surface area contributed by atoms with Crippen molar-refractivity contribution in [1.82, 2.24) is 10.2 Å². The van der Waals surface area contributed by atoms with Gasteiger partial charge in [-0.2, -0.15) is 13.2 Å². The Morgan fingerprint density at radius 3 is 2.50 bits per heavy atom. The molecule has 0 radical (unpaired) electrons. The minimum Gasteiger partial charge on any atom is -0.444 e. The van der Waals surface area contributed by atoms with E-state index < -0.39 is 29.5 Å². The van der Waals surface area contributed by atoms with Crippen molar-refractivity contribution in [1.29, 1.82) is 0 Å². The lowest BCUT2D eigenvalue weighted by molar-refractivity contribution is -0.138. The number of carbonyl (C=O) groups excluding carboxylic acids is 1. The average Bonchev–Trinajstić information content (AvgIpc) is 2.54. The second-order valence-corrected chi connectivity index (χ2v) is 7.68. The van der Waals surface area contributed by atoms with Gasteiger partial charge in [0.15, 0.2) is 0 Å². The smallest absolute Gasteiger partial charge is 0.416 e. The number of benzene rings is 1. The van der Waals surface area contributed by atoms with E-state index in [0.29, 0.717) is 13.1 Å². The van der Waals surface area contributed by atoms with Crippen LogP contribution in [0.25, 0.3) is 0 Å². The molecule has 7 heteroatoms. The summed E-state index contributed by atoms with van der Waals surface area (Å²) in [7, 11) is 1.66. The molecule has 26 heavy (non-hydrogen) atoms. The maximum atomic E-state index is 13.4. The Morgan fingerprint density at radius 1 is 1.27 bits per heavy atom. The minimum atomic E-state index is -4.41. The van der Waals surface area contributed by atoms with Gasteiger partial charge in [-0.15, -0.1) is 0 Å². The van der Waals surface area contributed by atoms with Crippen LogP contribution in [-0.4, -0.2) is 36.7 Å². The first-order chi connectivity index (χ1) is 12.0. The number of halogens is 3. The summed E-state index contributed by atoms with van der Waals surface area (Å²) in [4.78, 5) is 13.9. The Balaban J connectivity index is 2.22. The lowest BCUT2D eigenvalue weighted by Crippen LogP contribution is -2.45. The number of hydrogen-bond donors (Lipinski definition) is 1. The number of hydrogen-bond acceptors (Lipinski definition) is 3. The number of piperidine rings is 1. The van der Waals surface area contributed by atoms with Crippen LogP contribution in [0.4, 0.5) is 18.0 Å². The number of carbonyl (C=O) groups is 1. The number of rotatable bonds is 3. The van der Waals surface area contributed by atoms with Crippen LogP contribution in [0.1, 0.15) is 50.8 Å². The molecule has 0 aromatic heterocycles. The number of ether oxygens (including phenoxy) is 1. The first kappa shape index (κ1) is 20.6. The van der Waals surface area contributed by atoms with Crippen LogP contribution in [0.15, 0.2) is 24.3 Å². The molecule has 2 atom stereocenters. The van der Waals surface area contributed by atoms with E-state index in [0.717, 1.165) is 18.9 Å². The molecule has 2 rings (SSSR count). The number of alkyl halides is 3. The minimum absolute atomic E-state index is 0.121. The highest BCUT2D eigenvalue weighted by atomic mass is 19.4. The average molecular weight is 372 g/mol. The van der Waals surface area contributed by atoms with E-state index in [1.807, 2.05) is 0 Å². The molecule has 1 N–H and O–H groups in total. The third-order valence-electron chi connectivity index (χ3n) is 4.49. The van der Waals surface area contributed by atoms with Crippen LogP contribution in [0.5, 0.6) is 0 Å². The van der Waals surface area contributed by atoms with Gasteiger partial charge in [-0.25, -0.2) is 4.79 Å². The van der Waals surface area contributed by atoms with Crippen molar-refractivity contribution in [3.63, 3.8) is 0 Å². The normalized spacial score (nSPS) is 20.0. The molecule has 1 aliphatic heterocycles. The van der Waals surface area contributed by atoms with Gasteiger partial charge in [0, 0.05) is 19.1 Å². The molecule has 0 bridgehead atoms. The van der Waals surface area contributed by atoms with Gasteiger partial charge in [0.2, 0.25) is 0 Å². The summed E-state index contributed by atoms with van der Waals surface area (Å²) in [5.41, 5.74) is -1.01. The fourth-order valence-corrected chi connectivity index (χ4v) is 3.45. The second kappa shape index (κ2) is 7.86. The zero-order valence-corrected chi connectivity index (χ0v) is 15.7. The van der Waals surface area contributed by atoms with Gasteiger partial charge in [0.1, 0.15) is 5.60 Å². The Bertz CT molecular complexity index is 626. The quantitative estimate of drug-likeness (QED) is 0.842. The van der Waals surface area contributed by atoms with Crippen molar-refractivity contribution < 1.29 is 22.7 Å². The summed E-state index contributed by atoms with van der Waals surface area (Å²) >= 11 is 0. The van der Waals surface area contributed by atoms with Gasteiger partial charge in [-0.05, 0) is 58.2 Å². The second-order valence-electron chi connectivity index (χ2n) is 7.68. The zero-order chi connectivity index (χ0) is 19.5. The van der Waals surface area contributed by atoms with Crippen molar-refractivity contribution in [2.24, 2.45) is 5.92 Å². The molecule has 1 aromatic carbocycles. The fourth-order valence-electron chi connectivity index (χ4n) is 3.45. The number of nitrogens with one attached hydrogen (secondary N) is 1. The topological polar surface area (TPSA) is 41.6 Å². The maximum absolute atomic E-state index is 13.4. The Morgan fingerprint density at radius 2 is 1.92 bits per heavy atom. The predicted octanol–water partition coefficient (Wildman–Crippen LogP) is 4.61. The van der Waals surface area contributed by atoms with Crippen LogP contribution in [0.3, 0.4) is 0 Å². The highest BCUT2D eigenvalue weighted by Gasteiger charge is 2.38. The van der Waals surface area contributed by atoms with Crippen LogP contribution in [0.2, 0.25) is 0 Å². The van der Waals surface area contributed by atoms with Crippen molar-refractivity contribution in [2.75, 3.05) is 20.1 Å². The van der Waals surface area contributed by atoms with Crippen LogP contribution in [0, 0.1) is 5.92 Å². The number of amides is 1. The highest BCUT2D eigenvalue weighted by Crippen LogP contribution is 2.38. The van der Waals surface area contributed by atoms with Gasteiger partial charge < -0.3 is 15.0 Å². The Hall–Kier alpha value is -1.76. The lowest BCUT2D eigenvalue weighted by Gasteiger charge is -2.38. The summed E-state index contributed by atoms with van der Waals surface area (Å²) in [6, 6.07) is 5.14. The van der Waals surface area contributed by atoms with Gasteiger partial charge in [-0.1, -0.05) is 18.2 Å². The number of likely N-dealkylation sites (tertiary alicyclic amines) is 1. The predicted molar refractivity (Wildman–Crippen MR) is 93.8 cm³/mol. The molecule has 1 aromatic rings. The van der Waals surface area contributed by atoms with Gasteiger partial charge >= 0.3 is 12.3 Å². The first-order valence-corrected chi connectivity index (χ1v) is 8.84. The number of nitrogens with zero attached hydrogens (tertiary/aromatic N) is 1. The Labute approximate surface area is 152 Å². The van der Waals surface area contributed by atoms with E-state index in [1.165, 1.54) is 12.1 Å². The van der Waals surface area contributed by atoms with Crippen molar-refractivity contribution >= 4 is 6.09 Å². The SMILES string of the molecule is CNC(c1ccccc1C(F)(F)F)C1CCCN(C(=O)OC(C)(C)C)C1. The van der Waals surface area contributed by atoms with E-state index in [2.05, 4.69) is 5.32 Å². The van der Waals surface area contributed by atoms with Crippen LogP contribution >= 0.6 is 0 Å². The Kier molecular flexibility index (Phi) is 6.21. The summed E-state index contributed by atoms with van der Waals surface area (Å²) in [5.74, 6) is -0.121. The van der Waals surface area contributed by atoms with Crippen LogP contribution < -0.4 is 5.32 Å². The third-order valence-corrected chi connectivity index (χ3v) is 4.49. The summed E-state index contributed by atoms with van der Waals surface area (Å²) in [6.45, 7) is 6.31. The molecule has 146 valence electrons. The van der Waals surface area contributed by atoms with E-state index >= 15 is 0 Å². The zero-order valence-electron chi connectivity index (χ0n) is 15.7. The molecule has 0 aliphatic carbocycles. The molecule has 1 fully saturated rings. The summed E-state index contributed by atoms with van der Waals surface area (Å²) in [6.07, 6.45) is -3.35. The van der Waals surface area contributed by atoms with E-state index in [4.69, 9.17) is 4.74 Å². The lowest BCUT2D eigenvalue weighted by atomic mass is 9.84. The molecular weight excluding hydrogens is 345 g/mol. The largest absolute Gasteiger partial charge is 0.444 e. The van der Waals surface area contributed by atoms with Crippen LogP contribution in [-0.2, 0) is 10.9 Å².